The van der Waals surface area contributed by atoms with Crippen LogP contribution in [0.5, 0.6) is 11.5 Å². The highest BCUT2D eigenvalue weighted by Crippen LogP contribution is 2.25. The molecule has 0 heterocycles. The minimum absolute atomic E-state index is 0.149. The molecule has 2 aromatic carbocycles. The summed E-state index contributed by atoms with van der Waals surface area (Å²) in [4.78, 5) is 11.2. The number of benzene rings is 2. The zero-order valence-corrected chi connectivity index (χ0v) is 17.5. The summed E-state index contributed by atoms with van der Waals surface area (Å²) in [6.07, 6.45) is -0.338. The summed E-state index contributed by atoms with van der Waals surface area (Å²) in [5, 5.41) is 32.4. The van der Waals surface area contributed by atoms with Gasteiger partial charge in [0, 0.05) is 6.04 Å². The van der Waals surface area contributed by atoms with Crippen LogP contribution in [0.1, 0.15) is 48.6 Å². The van der Waals surface area contributed by atoms with Crippen molar-refractivity contribution in [2.75, 3.05) is 6.54 Å². The van der Waals surface area contributed by atoms with E-state index in [9.17, 15) is 20.1 Å². The summed E-state index contributed by atoms with van der Waals surface area (Å²) in [5.74, 6) is -0.183. The first kappa shape index (κ1) is 22.7. The molecule has 6 nitrogen and oxygen atoms in total. The molecule has 3 atom stereocenters. The predicted molar refractivity (Wildman–Crippen MR) is 112 cm³/mol. The molecule has 0 fully saturated rings. The Hall–Kier alpha value is -2.57. The van der Waals surface area contributed by atoms with Crippen LogP contribution in [0.3, 0.4) is 0 Å². The third-order valence-electron chi connectivity index (χ3n) is 5.12. The van der Waals surface area contributed by atoms with Gasteiger partial charge in [0.1, 0.15) is 11.5 Å². The van der Waals surface area contributed by atoms with Gasteiger partial charge >= 0.3 is 5.97 Å². The molecular weight excluding hydrogens is 370 g/mol. The van der Waals surface area contributed by atoms with Gasteiger partial charge in [0.25, 0.3) is 0 Å². The van der Waals surface area contributed by atoms with Crippen LogP contribution in [-0.2, 0) is 11.2 Å². The molecule has 0 amide bonds. The summed E-state index contributed by atoms with van der Waals surface area (Å²) >= 11 is 0. The number of aliphatic carboxylic acids is 1. The SMILES string of the molecule is CCC(Oc1cc(C)c(CCN[C@@H](C)[C@H](O)c2ccc(O)cc2)cc1C)C(=O)O. The minimum atomic E-state index is -0.959. The molecule has 29 heavy (non-hydrogen) atoms. The maximum absolute atomic E-state index is 11.2. The van der Waals surface area contributed by atoms with Crippen molar-refractivity contribution in [3.05, 3.63) is 58.7 Å². The molecular formula is C23H31NO5. The number of ether oxygens (including phenoxy) is 1. The van der Waals surface area contributed by atoms with Crippen molar-refractivity contribution in [1.82, 2.24) is 5.32 Å². The number of aromatic hydroxyl groups is 1. The van der Waals surface area contributed by atoms with Crippen LogP contribution in [0, 0.1) is 13.8 Å². The molecule has 0 aromatic heterocycles. The van der Waals surface area contributed by atoms with E-state index < -0.39 is 18.2 Å². The molecule has 158 valence electrons. The number of carboxylic acids is 1. The maximum atomic E-state index is 11.2. The van der Waals surface area contributed by atoms with Gasteiger partial charge in [-0.3, -0.25) is 0 Å². The number of aliphatic hydroxyl groups excluding tert-OH is 1. The Balaban J connectivity index is 1.95. The number of hydrogen-bond donors (Lipinski definition) is 4. The van der Waals surface area contributed by atoms with Crippen LogP contribution in [-0.4, -0.2) is 40.0 Å². The van der Waals surface area contributed by atoms with Crippen LogP contribution < -0.4 is 10.1 Å². The van der Waals surface area contributed by atoms with Gasteiger partial charge in [0.15, 0.2) is 6.10 Å². The molecule has 2 aromatic rings. The fourth-order valence-corrected chi connectivity index (χ4v) is 3.21. The Labute approximate surface area is 172 Å². The lowest BCUT2D eigenvalue weighted by Gasteiger charge is -2.21. The lowest BCUT2D eigenvalue weighted by atomic mass is 10.0. The zero-order chi connectivity index (χ0) is 21.6. The summed E-state index contributed by atoms with van der Waals surface area (Å²) in [7, 11) is 0. The number of phenolic OH excluding ortho intramolecular Hbond substituents is 1. The number of nitrogens with one attached hydrogen (secondary N) is 1. The van der Waals surface area contributed by atoms with E-state index in [1.54, 1.807) is 31.2 Å². The molecule has 0 aliphatic rings. The second-order valence-corrected chi connectivity index (χ2v) is 7.43. The third-order valence-corrected chi connectivity index (χ3v) is 5.12. The molecule has 0 bridgehead atoms. The normalized spacial score (nSPS) is 14.2. The molecule has 6 heteroatoms. The number of aliphatic hydroxyl groups is 1. The van der Waals surface area contributed by atoms with Crippen LogP contribution >= 0.6 is 0 Å². The maximum Gasteiger partial charge on any atom is 0.344 e. The molecule has 0 aliphatic carbocycles. The van der Waals surface area contributed by atoms with Gasteiger partial charge in [-0.1, -0.05) is 25.1 Å². The predicted octanol–water partition coefficient (Wildman–Crippen LogP) is 3.51. The first-order valence-corrected chi connectivity index (χ1v) is 9.92. The molecule has 1 unspecified atom stereocenters. The van der Waals surface area contributed by atoms with E-state index in [1.807, 2.05) is 32.9 Å². The Kier molecular flexibility index (Phi) is 8.05. The average Bonchev–Trinajstić information content (AvgIpc) is 2.68. The van der Waals surface area contributed by atoms with E-state index in [0.29, 0.717) is 18.7 Å². The molecule has 0 saturated carbocycles. The topological polar surface area (TPSA) is 99.0 Å². The first-order chi connectivity index (χ1) is 13.7. The van der Waals surface area contributed by atoms with Gasteiger partial charge in [-0.15, -0.1) is 0 Å². The Morgan fingerprint density at radius 1 is 1.14 bits per heavy atom. The van der Waals surface area contributed by atoms with E-state index >= 15 is 0 Å². The molecule has 4 N–H and O–H groups in total. The van der Waals surface area contributed by atoms with Crippen LogP contribution in [0.2, 0.25) is 0 Å². The number of aryl methyl sites for hydroxylation is 2. The van der Waals surface area contributed by atoms with E-state index in [0.717, 1.165) is 28.7 Å². The molecule has 0 spiro atoms. The Morgan fingerprint density at radius 2 is 1.79 bits per heavy atom. The van der Waals surface area contributed by atoms with E-state index in [2.05, 4.69) is 5.32 Å². The quantitative estimate of drug-likeness (QED) is 0.486. The van der Waals surface area contributed by atoms with Gasteiger partial charge in [0.2, 0.25) is 0 Å². The van der Waals surface area contributed by atoms with Crippen molar-refractivity contribution in [2.24, 2.45) is 0 Å². The smallest absolute Gasteiger partial charge is 0.344 e. The highest BCUT2D eigenvalue weighted by atomic mass is 16.5. The number of phenols is 1. The van der Waals surface area contributed by atoms with Crippen molar-refractivity contribution in [3.8, 4) is 11.5 Å². The molecule has 2 rings (SSSR count). The second kappa shape index (κ2) is 10.3. The number of carboxylic acid groups (broad SMARTS) is 1. The van der Waals surface area contributed by atoms with Crippen molar-refractivity contribution in [1.29, 1.82) is 0 Å². The second-order valence-electron chi connectivity index (χ2n) is 7.43. The van der Waals surface area contributed by atoms with Crippen molar-refractivity contribution in [2.45, 2.75) is 58.8 Å². The standard InChI is InChI=1S/C23H31NO5/c1-5-20(23(27)28)29-21-13-14(2)18(12-15(21)3)10-11-24-16(4)22(26)17-6-8-19(25)9-7-17/h6-9,12-13,16,20,22,24-26H,5,10-11H2,1-4H3,(H,27,28)/t16-,20?,22-/m0/s1. The number of rotatable bonds is 10. The van der Waals surface area contributed by atoms with Crippen LogP contribution in [0.15, 0.2) is 36.4 Å². The van der Waals surface area contributed by atoms with E-state index in [1.165, 1.54) is 0 Å². The lowest BCUT2D eigenvalue weighted by molar-refractivity contribution is -0.145. The molecule has 0 radical (unpaired) electrons. The van der Waals surface area contributed by atoms with Gasteiger partial charge in [-0.2, -0.15) is 0 Å². The average molecular weight is 402 g/mol. The van der Waals surface area contributed by atoms with Crippen LogP contribution in [0.25, 0.3) is 0 Å². The first-order valence-electron chi connectivity index (χ1n) is 9.92. The monoisotopic (exact) mass is 401 g/mol. The Morgan fingerprint density at radius 3 is 2.38 bits per heavy atom. The van der Waals surface area contributed by atoms with Gasteiger partial charge in [0.05, 0.1) is 6.10 Å². The highest BCUT2D eigenvalue weighted by molar-refractivity contribution is 5.72. The summed E-state index contributed by atoms with van der Waals surface area (Å²) < 4.78 is 5.66. The summed E-state index contributed by atoms with van der Waals surface area (Å²) in [6, 6.07) is 10.3. The Bertz CT molecular complexity index is 819. The van der Waals surface area contributed by atoms with Gasteiger partial charge in [-0.05, 0) is 80.6 Å². The fourth-order valence-electron chi connectivity index (χ4n) is 3.21. The van der Waals surface area contributed by atoms with Gasteiger partial charge < -0.3 is 25.4 Å². The summed E-state index contributed by atoms with van der Waals surface area (Å²) in [6.45, 7) is 8.29. The van der Waals surface area contributed by atoms with E-state index in [-0.39, 0.29) is 11.8 Å². The van der Waals surface area contributed by atoms with Gasteiger partial charge in [-0.25, -0.2) is 4.79 Å². The minimum Gasteiger partial charge on any atom is -0.508 e. The van der Waals surface area contributed by atoms with Crippen LogP contribution in [0.4, 0.5) is 0 Å². The fraction of sp³-hybridized carbons (Fsp3) is 0.435. The van der Waals surface area contributed by atoms with Crippen molar-refractivity contribution >= 4 is 5.97 Å². The largest absolute Gasteiger partial charge is 0.508 e. The van der Waals surface area contributed by atoms with Crippen molar-refractivity contribution < 1.29 is 24.9 Å². The summed E-state index contributed by atoms with van der Waals surface area (Å²) in [5.41, 5.74) is 3.85. The molecule has 0 saturated heterocycles. The van der Waals surface area contributed by atoms with Crippen molar-refractivity contribution in [3.63, 3.8) is 0 Å². The third kappa shape index (κ3) is 6.21. The highest BCUT2D eigenvalue weighted by Gasteiger charge is 2.19. The number of carbonyl (C=O) groups is 1. The zero-order valence-electron chi connectivity index (χ0n) is 17.5. The molecule has 0 aliphatic heterocycles. The lowest BCUT2D eigenvalue weighted by Crippen LogP contribution is -2.33. The van der Waals surface area contributed by atoms with E-state index in [4.69, 9.17) is 4.74 Å². The number of hydrogen-bond acceptors (Lipinski definition) is 5.